The third-order valence-corrected chi connectivity index (χ3v) is 5.91. The van der Waals surface area contributed by atoms with E-state index in [0.29, 0.717) is 0 Å². The number of aliphatic hydroxyl groups is 1. The van der Waals surface area contributed by atoms with E-state index in [4.69, 9.17) is 9.84 Å². The molecule has 34 heavy (non-hydrogen) atoms. The van der Waals surface area contributed by atoms with Gasteiger partial charge in [-0.15, -0.1) is 0 Å². The standard InChI is InChI=1S/C26H32N2O6/c1-25(2,3)22(23(31)27-15-26(4,33)13-21(29)30)28-24(32)34-14-20-18-11-7-5-9-16(18)17-10-6-8-12-19(17)20/h5-12,20,22,33H,13-15H2,1-4H3,(H,27,31)(H,28,32)(H,29,30)/t22-,26?/m1/s1. The molecule has 8 nitrogen and oxygen atoms in total. The molecule has 0 saturated heterocycles. The van der Waals surface area contributed by atoms with Crippen LogP contribution in [0.4, 0.5) is 4.79 Å². The van der Waals surface area contributed by atoms with Crippen molar-refractivity contribution in [3.8, 4) is 11.1 Å². The van der Waals surface area contributed by atoms with Gasteiger partial charge in [-0.2, -0.15) is 0 Å². The average molecular weight is 469 g/mol. The van der Waals surface area contributed by atoms with Crippen molar-refractivity contribution in [1.29, 1.82) is 0 Å². The summed E-state index contributed by atoms with van der Waals surface area (Å²) in [6.45, 7) is 6.54. The lowest BCUT2D eigenvalue weighted by Crippen LogP contribution is -2.56. The van der Waals surface area contributed by atoms with Crippen molar-refractivity contribution in [3.05, 3.63) is 59.7 Å². The van der Waals surface area contributed by atoms with Crippen molar-refractivity contribution in [2.75, 3.05) is 13.2 Å². The third-order valence-electron chi connectivity index (χ3n) is 5.91. The van der Waals surface area contributed by atoms with Crippen LogP contribution in [0.3, 0.4) is 0 Å². The van der Waals surface area contributed by atoms with E-state index in [9.17, 15) is 19.5 Å². The lowest BCUT2D eigenvalue weighted by atomic mass is 9.86. The van der Waals surface area contributed by atoms with Crippen LogP contribution in [0.1, 0.15) is 51.2 Å². The minimum Gasteiger partial charge on any atom is -0.481 e. The Bertz CT molecular complexity index is 1030. The van der Waals surface area contributed by atoms with Gasteiger partial charge in [-0.3, -0.25) is 9.59 Å². The first-order valence-electron chi connectivity index (χ1n) is 11.2. The maximum atomic E-state index is 12.8. The topological polar surface area (TPSA) is 125 Å². The van der Waals surface area contributed by atoms with Gasteiger partial charge in [0.1, 0.15) is 12.6 Å². The molecule has 2 atom stereocenters. The maximum Gasteiger partial charge on any atom is 0.407 e. The van der Waals surface area contributed by atoms with Crippen molar-refractivity contribution < 1.29 is 29.3 Å². The van der Waals surface area contributed by atoms with E-state index >= 15 is 0 Å². The lowest BCUT2D eigenvalue weighted by molar-refractivity contribution is -0.142. The van der Waals surface area contributed by atoms with Crippen LogP contribution in [0.25, 0.3) is 11.1 Å². The van der Waals surface area contributed by atoms with Gasteiger partial charge in [0, 0.05) is 12.5 Å². The van der Waals surface area contributed by atoms with Crippen LogP contribution >= 0.6 is 0 Å². The molecule has 3 rings (SSSR count). The summed E-state index contributed by atoms with van der Waals surface area (Å²) in [6.07, 6.45) is -1.25. The van der Waals surface area contributed by atoms with Crippen molar-refractivity contribution in [1.82, 2.24) is 10.6 Å². The number of carbonyl (C=O) groups is 3. The first-order valence-corrected chi connectivity index (χ1v) is 11.2. The largest absolute Gasteiger partial charge is 0.481 e. The molecule has 0 aromatic heterocycles. The van der Waals surface area contributed by atoms with Gasteiger partial charge >= 0.3 is 12.1 Å². The summed E-state index contributed by atoms with van der Waals surface area (Å²) in [4.78, 5) is 36.4. The molecule has 0 bridgehead atoms. The molecule has 2 amide bonds. The van der Waals surface area contributed by atoms with Gasteiger partial charge in [0.05, 0.1) is 12.0 Å². The zero-order chi connectivity index (χ0) is 25.1. The van der Waals surface area contributed by atoms with E-state index in [1.165, 1.54) is 6.92 Å². The normalized spacial score (nSPS) is 15.4. The van der Waals surface area contributed by atoms with Gasteiger partial charge in [-0.05, 0) is 34.6 Å². The number of nitrogens with one attached hydrogen (secondary N) is 2. The minimum atomic E-state index is -1.62. The number of amides is 2. The van der Waals surface area contributed by atoms with Crippen LogP contribution in [0.5, 0.6) is 0 Å². The predicted molar refractivity (Wildman–Crippen MR) is 127 cm³/mol. The summed E-state index contributed by atoms with van der Waals surface area (Å²) in [5, 5.41) is 24.2. The van der Waals surface area contributed by atoms with E-state index in [2.05, 4.69) is 10.6 Å². The quantitative estimate of drug-likeness (QED) is 0.471. The average Bonchev–Trinajstić information content (AvgIpc) is 3.06. The molecule has 0 radical (unpaired) electrons. The molecule has 1 aliphatic rings. The Labute approximate surface area is 199 Å². The van der Waals surface area contributed by atoms with Gasteiger partial charge in [0.25, 0.3) is 0 Å². The number of benzene rings is 2. The van der Waals surface area contributed by atoms with Crippen molar-refractivity contribution in [3.63, 3.8) is 0 Å². The number of carboxylic acids is 1. The molecule has 0 spiro atoms. The number of rotatable bonds is 8. The van der Waals surface area contributed by atoms with Crippen LogP contribution in [-0.4, -0.2) is 53.0 Å². The number of carboxylic acid groups (broad SMARTS) is 1. The number of fused-ring (bicyclic) bond motifs is 3. The van der Waals surface area contributed by atoms with Gasteiger partial charge in [-0.25, -0.2) is 4.79 Å². The fourth-order valence-corrected chi connectivity index (χ4v) is 4.20. The Hall–Kier alpha value is -3.39. The Morgan fingerprint density at radius 3 is 2.00 bits per heavy atom. The van der Waals surface area contributed by atoms with Crippen LogP contribution in [0.2, 0.25) is 0 Å². The minimum absolute atomic E-state index is 0.105. The summed E-state index contributed by atoms with van der Waals surface area (Å²) < 4.78 is 5.56. The van der Waals surface area contributed by atoms with Crippen LogP contribution in [0.15, 0.2) is 48.5 Å². The van der Waals surface area contributed by atoms with Gasteiger partial charge < -0.3 is 25.6 Å². The van der Waals surface area contributed by atoms with Crippen molar-refractivity contribution in [2.24, 2.45) is 5.41 Å². The second-order valence-corrected chi connectivity index (χ2v) is 10.1. The monoisotopic (exact) mass is 468 g/mol. The van der Waals surface area contributed by atoms with E-state index in [-0.39, 0.29) is 19.1 Å². The second-order valence-electron chi connectivity index (χ2n) is 10.1. The molecule has 0 aliphatic heterocycles. The molecule has 1 unspecified atom stereocenters. The SMILES string of the molecule is CC(O)(CNC(=O)[C@@H](NC(=O)OCC1c2ccccc2-c2ccccc21)C(C)(C)C)CC(=O)O. The summed E-state index contributed by atoms with van der Waals surface area (Å²) in [6, 6.07) is 15.1. The zero-order valence-electron chi connectivity index (χ0n) is 19.9. The molecule has 0 fully saturated rings. The highest BCUT2D eigenvalue weighted by molar-refractivity contribution is 5.86. The number of hydrogen-bond donors (Lipinski definition) is 4. The molecule has 0 saturated carbocycles. The molecule has 2 aromatic carbocycles. The fraction of sp³-hybridized carbons (Fsp3) is 0.423. The molecule has 1 aliphatic carbocycles. The highest BCUT2D eigenvalue weighted by Gasteiger charge is 2.35. The van der Waals surface area contributed by atoms with E-state index in [1.54, 1.807) is 20.8 Å². The second kappa shape index (κ2) is 9.85. The molecule has 4 N–H and O–H groups in total. The summed E-state index contributed by atoms with van der Waals surface area (Å²) in [7, 11) is 0. The number of hydrogen-bond acceptors (Lipinski definition) is 5. The Morgan fingerprint density at radius 2 is 1.50 bits per heavy atom. The summed E-state index contributed by atoms with van der Waals surface area (Å²) in [5.74, 6) is -1.82. The van der Waals surface area contributed by atoms with Crippen molar-refractivity contribution in [2.45, 2.75) is 51.7 Å². The molecule has 2 aromatic rings. The zero-order valence-corrected chi connectivity index (χ0v) is 19.9. The summed E-state index contributed by atoms with van der Waals surface area (Å²) >= 11 is 0. The Balaban J connectivity index is 1.65. The Kier molecular flexibility index (Phi) is 7.31. The lowest BCUT2D eigenvalue weighted by Gasteiger charge is -2.31. The molecule has 0 heterocycles. The van der Waals surface area contributed by atoms with E-state index in [1.807, 2.05) is 48.5 Å². The van der Waals surface area contributed by atoms with Gasteiger partial charge in [0.2, 0.25) is 5.91 Å². The van der Waals surface area contributed by atoms with E-state index < -0.39 is 41.4 Å². The van der Waals surface area contributed by atoms with Crippen molar-refractivity contribution >= 4 is 18.0 Å². The summed E-state index contributed by atoms with van der Waals surface area (Å²) in [5.41, 5.74) is 2.13. The predicted octanol–water partition coefficient (Wildman–Crippen LogP) is 3.28. The maximum absolute atomic E-state index is 12.8. The highest BCUT2D eigenvalue weighted by atomic mass is 16.5. The third kappa shape index (κ3) is 5.94. The van der Waals surface area contributed by atoms with E-state index in [0.717, 1.165) is 22.3 Å². The molecular weight excluding hydrogens is 436 g/mol. The first kappa shape index (κ1) is 25.2. The number of carbonyl (C=O) groups excluding carboxylic acids is 2. The van der Waals surface area contributed by atoms with Gasteiger partial charge in [-0.1, -0.05) is 69.3 Å². The van der Waals surface area contributed by atoms with Gasteiger partial charge in [0.15, 0.2) is 0 Å². The highest BCUT2D eigenvalue weighted by Crippen LogP contribution is 2.44. The number of aliphatic carboxylic acids is 1. The smallest absolute Gasteiger partial charge is 0.407 e. The number of ether oxygens (including phenoxy) is 1. The molecular formula is C26H32N2O6. The Morgan fingerprint density at radius 1 is 0.971 bits per heavy atom. The van der Waals surface area contributed by atoms with Crippen LogP contribution in [0, 0.1) is 5.41 Å². The van der Waals surface area contributed by atoms with Crippen LogP contribution in [-0.2, 0) is 14.3 Å². The van der Waals surface area contributed by atoms with Crippen LogP contribution < -0.4 is 10.6 Å². The fourth-order valence-electron chi connectivity index (χ4n) is 4.20. The first-order chi connectivity index (χ1) is 15.9. The molecule has 8 heteroatoms. The number of alkyl carbamates (subject to hydrolysis) is 1. The molecule has 182 valence electrons.